The Bertz CT molecular complexity index is 64.1. The molecular weight excluding hydrogens is 311 g/mol. The zero-order valence-electron chi connectivity index (χ0n) is 5.60. The van der Waals surface area contributed by atoms with E-state index in [1.807, 2.05) is 13.8 Å². The van der Waals surface area contributed by atoms with Gasteiger partial charge in [-0.3, -0.25) is 0 Å². The SMILES string of the molecule is C.COCC(C)(C)[O][PbH]. The van der Waals surface area contributed by atoms with Gasteiger partial charge in [0.1, 0.15) is 0 Å². The molecule has 0 atom stereocenters. The van der Waals surface area contributed by atoms with Gasteiger partial charge in [0.15, 0.2) is 0 Å². The second kappa shape index (κ2) is 5.61. The molecule has 0 aromatic carbocycles. The van der Waals surface area contributed by atoms with Gasteiger partial charge in [0.05, 0.1) is 0 Å². The standard InChI is InChI=1S/C5H11O2.CH4.Pb.H/c1-5(2,6)4-7-3;;;/h4H2,1-3H3;1H4;;/q-1;;+1;. The third-order valence-corrected chi connectivity index (χ3v) is 3.29. The minimum atomic E-state index is -0.0561. The van der Waals surface area contributed by atoms with Crippen molar-refractivity contribution in [1.29, 1.82) is 0 Å². The molecule has 0 spiro atoms. The summed E-state index contributed by atoms with van der Waals surface area (Å²) in [7, 11) is 1.69. The molecule has 56 valence electrons. The average molecular weight is 327 g/mol. The van der Waals surface area contributed by atoms with E-state index in [1.54, 1.807) is 7.11 Å². The van der Waals surface area contributed by atoms with Gasteiger partial charge in [-0.15, -0.1) is 0 Å². The van der Waals surface area contributed by atoms with Gasteiger partial charge < -0.3 is 0 Å². The second-order valence-corrected chi connectivity index (χ2v) is 3.23. The van der Waals surface area contributed by atoms with Crippen molar-refractivity contribution in [2.75, 3.05) is 13.7 Å². The fourth-order valence-electron chi connectivity index (χ4n) is 0.382. The summed E-state index contributed by atoms with van der Waals surface area (Å²) >= 11 is 0.602. The van der Waals surface area contributed by atoms with E-state index in [9.17, 15) is 0 Å². The zero-order chi connectivity index (χ0) is 6.62. The van der Waals surface area contributed by atoms with Gasteiger partial charge in [-0.05, 0) is 0 Å². The van der Waals surface area contributed by atoms with E-state index in [2.05, 4.69) is 0 Å². The summed E-state index contributed by atoms with van der Waals surface area (Å²) in [5, 5.41) is 0. The first-order valence-corrected chi connectivity index (χ1v) is 4.32. The van der Waals surface area contributed by atoms with Gasteiger partial charge >= 0.3 is 66.8 Å². The maximum atomic E-state index is 5.22. The van der Waals surface area contributed by atoms with Gasteiger partial charge in [-0.25, -0.2) is 0 Å². The summed E-state index contributed by atoms with van der Waals surface area (Å²) in [5.74, 6) is 0. The van der Waals surface area contributed by atoms with E-state index in [1.165, 1.54) is 0 Å². The summed E-state index contributed by atoms with van der Waals surface area (Å²) in [5.41, 5.74) is -0.0561. The molecule has 0 aliphatic rings. The Morgan fingerprint density at radius 3 is 2.00 bits per heavy atom. The molecule has 0 saturated heterocycles. The summed E-state index contributed by atoms with van der Waals surface area (Å²) in [6.45, 7) is 4.73. The molecule has 0 amide bonds. The van der Waals surface area contributed by atoms with Crippen molar-refractivity contribution in [3.05, 3.63) is 0 Å². The van der Waals surface area contributed by atoms with E-state index in [4.69, 9.17) is 7.42 Å². The molecule has 2 nitrogen and oxygen atoms in total. The minimum absolute atomic E-state index is 0. The van der Waals surface area contributed by atoms with Crippen molar-refractivity contribution >= 4 is 26.2 Å². The number of hydrogen-bond acceptors (Lipinski definition) is 2. The van der Waals surface area contributed by atoms with Crippen LogP contribution in [0.2, 0.25) is 0 Å². The molecule has 0 aromatic rings. The van der Waals surface area contributed by atoms with Gasteiger partial charge in [-0.2, -0.15) is 0 Å². The van der Waals surface area contributed by atoms with Crippen LogP contribution in [-0.4, -0.2) is 45.5 Å². The maximum absolute atomic E-state index is 5.22. The molecular formula is C6H16O2Pb. The van der Waals surface area contributed by atoms with Gasteiger partial charge in [0.25, 0.3) is 0 Å². The van der Waals surface area contributed by atoms with E-state index < -0.39 is 0 Å². The van der Waals surface area contributed by atoms with Crippen LogP contribution in [0.4, 0.5) is 0 Å². The third kappa shape index (κ3) is 6.73. The van der Waals surface area contributed by atoms with Crippen LogP contribution in [-0.2, 0) is 7.42 Å². The fraction of sp³-hybridized carbons (Fsp3) is 1.00. The van der Waals surface area contributed by atoms with Crippen LogP contribution in [0.5, 0.6) is 0 Å². The molecule has 2 radical (unpaired) electrons. The monoisotopic (exact) mass is 328 g/mol. The summed E-state index contributed by atoms with van der Waals surface area (Å²) < 4.78 is 10.1. The molecule has 0 rings (SSSR count). The zero-order valence-corrected chi connectivity index (χ0v) is 10.1. The molecule has 0 heterocycles. The quantitative estimate of drug-likeness (QED) is 0.717. The van der Waals surface area contributed by atoms with Crippen molar-refractivity contribution in [2.45, 2.75) is 26.9 Å². The molecule has 9 heavy (non-hydrogen) atoms. The Balaban J connectivity index is 0. The normalized spacial score (nSPS) is 10.7. The first-order chi connectivity index (χ1) is 3.62. The second-order valence-electron chi connectivity index (χ2n) is 2.31. The first kappa shape index (κ1) is 12.5. The Hall–Kier alpha value is 0.842. The van der Waals surface area contributed by atoms with Crippen molar-refractivity contribution in [2.24, 2.45) is 0 Å². The van der Waals surface area contributed by atoms with Crippen LogP contribution in [0.15, 0.2) is 0 Å². The molecule has 0 aliphatic carbocycles. The molecule has 3 heteroatoms. The van der Waals surface area contributed by atoms with Crippen LogP contribution >= 0.6 is 0 Å². The van der Waals surface area contributed by atoms with E-state index in [0.717, 1.165) is 0 Å². The third-order valence-electron chi connectivity index (χ3n) is 0.811. The van der Waals surface area contributed by atoms with Gasteiger partial charge in [0, 0.05) is 0 Å². The van der Waals surface area contributed by atoms with Crippen LogP contribution in [0.3, 0.4) is 0 Å². The van der Waals surface area contributed by atoms with Crippen LogP contribution in [0.25, 0.3) is 0 Å². The van der Waals surface area contributed by atoms with Crippen molar-refractivity contribution in [3.8, 4) is 0 Å². The first-order valence-electron chi connectivity index (χ1n) is 2.49. The summed E-state index contributed by atoms with van der Waals surface area (Å²) in [6, 6.07) is 0. The molecule has 0 unspecified atom stereocenters. The van der Waals surface area contributed by atoms with Gasteiger partial charge in [0.2, 0.25) is 0 Å². The van der Waals surface area contributed by atoms with Crippen molar-refractivity contribution in [1.82, 2.24) is 0 Å². The van der Waals surface area contributed by atoms with E-state index in [0.29, 0.717) is 32.8 Å². The fourth-order valence-corrected chi connectivity index (χ4v) is 0.646. The number of ether oxygens (including phenoxy) is 1. The van der Waals surface area contributed by atoms with Crippen LogP contribution in [0, 0.1) is 0 Å². The Kier molecular flexibility index (Phi) is 7.80. The predicted octanol–water partition coefficient (Wildman–Crippen LogP) is 0.880. The summed E-state index contributed by atoms with van der Waals surface area (Å²) in [6.07, 6.45) is 0. The Morgan fingerprint density at radius 2 is 1.89 bits per heavy atom. The van der Waals surface area contributed by atoms with E-state index >= 15 is 0 Å². The van der Waals surface area contributed by atoms with Gasteiger partial charge in [-0.1, -0.05) is 7.43 Å². The number of rotatable bonds is 3. The van der Waals surface area contributed by atoms with Crippen molar-refractivity contribution < 1.29 is 7.42 Å². The van der Waals surface area contributed by atoms with E-state index in [-0.39, 0.29) is 13.0 Å². The van der Waals surface area contributed by atoms with Crippen LogP contribution < -0.4 is 0 Å². The van der Waals surface area contributed by atoms with Crippen molar-refractivity contribution in [3.63, 3.8) is 0 Å². The summed E-state index contributed by atoms with van der Waals surface area (Å²) in [4.78, 5) is 0. The molecule has 0 fully saturated rings. The number of hydrogen-bond donors (Lipinski definition) is 0. The Labute approximate surface area is 74.3 Å². The molecule has 0 bridgehead atoms. The topological polar surface area (TPSA) is 18.5 Å². The van der Waals surface area contributed by atoms with Crippen LogP contribution in [0.1, 0.15) is 21.3 Å². The molecule has 0 aliphatic heterocycles. The Morgan fingerprint density at radius 1 is 1.44 bits per heavy atom. The molecule has 0 aromatic heterocycles. The predicted molar refractivity (Wildman–Crippen MR) is 40.9 cm³/mol. The number of methoxy groups -OCH3 is 1. The molecule has 0 saturated carbocycles. The average Bonchev–Trinajstić information content (AvgIpc) is 1.67. The molecule has 0 N–H and O–H groups in total.